The molecule has 1 aromatic carbocycles. The van der Waals surface area contributed by atoms with Crippen molar-refractivity contribution in [3.05, 3.63) is 59.4 Å². The van der Waals surface area contributed by atoms with Crippen LogP contribution in [0.3, 0.4) is 0 Å². The SMILES string of the molecule is CN(Cc1cnc([C@H]2CCCCO2)nc1)Cc1ccccc1F. The van der Waals surface area contributed by atoms with Crippen LogP contribution in [0.15, 0.2) is 36.7 Å². The second-order valence-corrected chi connectivity index (χ2v) is 6.07. The monoisotopic (exact) mass is 315 g/mol. The summed E-state index contributed by atoms with van der Waals surface area (Å²) in [7, 11) is 1.96. The summed E-state index contributed by atoms with van der Waals surface area (Å²) in [6, 6.07) is 6.87. The molecule has 0 bridgehead atoms. The Morgan fingerprint density at radius 2 is 1.96 bits per heavy atom. The Labute approximate surface area is 136 Å². The number of nitrogens with zero attached hydrogens (tertiary/aromatic N) is 3. The van der Waals surface area contributed by atoms with Gasteiger partial charge in [-0.15, -0.1) is 0 Å². The molecule has 1 aromatic heterocycles. The molecule has 0 amide bonds. The minimum atomic E-state index is -0.166. The average molecular weight is 315 g/mol. The lowest BCUT2D eigenvalue weighted by atomic mass is 10.1. The number of aromatic nitrogens is 2. The van der Waals surface area contributed by atoms with Gasteiger partial charge in [0.1, 0.15) is 11.9 Å². The molecule has 1 aliphatic heterocycles. The smallest absolute Gasteiger partial charge is 0.157 e. The lowest BCUT2D eigenvalue weighted by Crippen LogP contribution is -2.19. The van der Waals surface area contributed by atoms with E-state index < -0.39 is 0 Å². The molecular formula is C18H22FN3O. The first-order valence-corrected chi connectivity index (χ1v) is 8.07. The molecule has 0 saturated carbocycles. The lowest BCUT2D eigenvalue weighted by molar-refractivity contribution is 0.00938. The van der Waals surface area contributed by atoms with Gasteiger partial charge >= 0.3 is 0 Å². The molecule has 2 aromatic rings. The first-order valence-electron chi connectivity index (χ1n) is 8.07. The van der Waals surface area contributed by atoms with Crippen LogP contribution in [-0.4, -0.2) is 28.5 Å². The Morgan fingerprint density at radius 1 is 1.17 bits per heavy atom. The highest BCUT2D eigenvalue weighted by atomic mass is 19.1. The Kier molecular flexibility index (Phi) is 5.31. The number of benzene rings is 1. The van der Waals surface area contributed by atoms with Crippen molar-refractivity contribution in [3.63, 3.8) is 0 Å². The standard InChI is InChI=1S/C18H22FN3O/c1-22(13-15-6-2-3-7-16(15)19)12-14-10-20-18(21-11-14)17-8-4-5-9-23-17/h2-3,6-7,10-11,17H,4-5,8-9,12-13H2,1H3/t17-/m1/s1. The first-order chi connectivity index (χ1) is 11.2. The van der Waals surface area contributed by atoms with Crippen LogP contribution in [0.1, 0.15) is 42.3 Å². The van der Waals surface area contributed by atoms with Crippen LogP contribution in [0.25, 0.3) is 0 Å². The molecule has 3 rings (SSSR count). The maximum atomic E-state index is 13.7. The van der Waals surface area contributed by atoms with Crippen molar-refractivity contribution < 1.29 is 9.13 Å². The van der Waals surface area contributed by atoms with E-state index in [1.54, 1.807) is 6.07 Å². The third kappa shape index (κ3) is 4.33. The molecular weight excluding hydrogens is 293 g/mol. The van der Waals surface area contributed by atoms with Gasteiger partial charge in [-0.25, -0.2) is 14.4 Å². The van der Waals surface area contributed by atoms with Gasteiger partial charge in [-0.1, -0.05) is 18.2 Å². The Hall–Kier alpha value is -1.85. The highest BCUT2D eigenvalue weighted by Gasteiger charge is 2.18. The fourth-order valence-electron chi connectivity index (χ4n) is 2.84. The summed E-state index contributed by atoms with van der Waals surface area (Å²) >= 11 is 0. The second kappa shape index (κ2) is 7.62. The number of halogens is 1. The van der Waals surface area contributed by atoms with Gasteiger partial charge in [0.25, 0.3) is 0 Å². The third-order valence-corrected chi connectivity index (χ3v) is 4.04. The van der Waals surface area contributed by atoms with Crippen LogP contribution < -0.4 is 0 Å². The average Bonchev–Trinajstić information content (AvgIpc) is 2.58. The topological polar surface area (TPSA) is 38.2 Å². The van der Waals surface area contributed by atoms with Gasteiger partial charge in [-0.05, 0) is 32.4 Å². The summed E-state index contributed by atoms with van der Waals surface area (Å²) in [5, 5.41) is 0. The van der Waals surface area contributed by atoms with E-state index in [1.807, 2.05) is 36.5 Å². The van der Waals surface area contributed by atoms with E-state index in [2.05, 4.69) is 9.97 Å². The van der Waals surface area contributed by atoms with Crippen LogP contribution in [0.2, 0.25) is 0 Å². The molecule has 0 spiro atoms. The van der Waals surface area contributed by atoms with Gasteiger partial charge in [-0.2, -0.15) is 0 Å². The van der Waals surface area contributed by atoms with Crippen molar-refractivity contribution in [1.82, 2.24) is 14.9 Å². The zero-order chi connectivity index (χ0) is 16.1. The molecule has 1 atom stereocenters. The highest BCUT2D eigenvalue weighted by molar-refractivity contribution is 5.17. The molecule has 4 nitrogen and oxygen atoms in total. The quantitative estimate of drug-likeness (QED) is 0.846. The maximum absolute atomic E-state index is 13.7. The predicted octanol–water partition coefficient (Wildman–Crippen LogP) is 3.49. The molecule has 23 heavy (non-hydrogen) atoms. The van der Waals surface area contributed by atoms with Gasteiger partial charge < -0.3 is 4.74 Å². The largest absolute Gasteiger partial charge is 0.370 e. The Morgan fingerprint density at radius 3 is 2.65 bits per heavy atom. The fraction of sp³-hybridized carbons (Fsp3) is 0.444. The summed E-state index contributed by atoms with van der Waals surface area (Å²) in [5.74, 6) is 0.602. The van der Waals surface area contributed by atoms with Crippen LogP contribution in [-0.2, 0) is 17.8 Å². The molecule has 1 fully saturated rings. The van der Waals surface area contributed by atoms with Crippen LogP contribution in [0.4, 0.5) is 4.39 Å². The zero-order valence-corrected chi connectivity index (χ0v) is 13.4. The van der Waals surface area contributed by atoms with Crippen molar-refractivity contribution in [2.75, 3.05) is 13.7 Å². The lowest BCUT2D eigenvalue weighted by Gasteiger charge is -2.21. The van der Waals surface area contributed by atoms with Gasteiger partial charge in [0.2, 0.25) is 0 Å². The van der Waals surface area contributed by atoms with Crippen LogP contribution in [0.5, 0.6) is 0 Å². The molecule has 1 aliphatic rings. The van der Waals surface area contributed by atoms with Crippen molar-refractivity contribution in [2.24, 2.45) is 0 Å². The number of hydrogen-bond donors (Lipinski definition) is 0. The molecule has 5 heteroatoms. The van der Waals surface area contributed by atoms with Crippen molar-refractivity contribution in [3.8, 4) is 0 Å². The Bertz CT molecular complexity index is 626. The van der Waals surface area contributed by atoms with Crippen LogP contribution in [0, 0.1) is 5.82 Å². The summed E-state index contributed by atoms with van der Waals surface area (Å²) in [4.78, 5) is 10.9. The highest BCUT2D eigenvalue weighted by Crippen LogP contribution is 2.24. The molecule has 0 aliphatic carbocycles. The minimum absolute atomic E-state index is 0.0361. The summed E-state index contributed by atoms with van der Waals surface area (Å²) in [5.41, 5.74) is 1.71. The summed E-state index contributed by atoms with van der Waals surface area (Å²) in [6.45, 7) is 2.03. The molecule has 0 N–H and O–H groups in total. The predicted molar refractivity (Wildman–Crippen MR) is 86.1 cm³/mol. The molecule has 1 saturated heterocycles. The van der Waals surface area contributed by atoms with Crippen molar-refractivity contribution in [2.45, 2.75) is 38.5 Å². The van der Waals surface area contributed by atoms with Crippen molar-refractivity contribution in [1.29, 1.82) is 0 Å². The molecule has 0 unspecified atom stereocenters. The van der Waals surface area contributed by atoms with E-state index in [-0.39, 0.29) is 11.9 Å². The van der Waals surface area contributed by atoms with Gasteiger partial charge in [0, 0.05) is 43.2 Å². The second-order valence-electron chi connectivity index (χ2n) is 6.07. The molecule has 122 valence electrons. The van der Waals surface area contributed by atoms with E-state index in [9.17, 15) is 4.39 Å². The van der Waals surface area contributed by atoms with E-state index in [0.29, 0.717) is 18.7 Å². The maximum Gasteiger partial charge on any atom is 0.157 e. The minimum Gasteiger partial charge on any atom is -0.370 e. The van der Waals surface area contributed by atoms with Gasteiger partial charge in [0.05, 0.1) is 0 Å². The summed E-state index contributed by atoms with van der Waals surface area (Å²) in [6.07, 6.45) is 7.01. The molecule has 0 radical (unpaired) electrons. The normalized spacial score (nSPS) is 18.3. The summed E-state index contributed by atoms with van der Waals surface area (Å²) < 4.78 is 19.4. The molecule has 2 heterocycles. The van der Waals surface area contributed by atoms with E-state index in [1.165, 1.54) is 12.5 Å². The van der Waals surface area contributed by atoms with Crippen molar-refractivity contribution >= 4 is 0 Å². The number of hydrogen-bond acceptors (Lipinski definition) is 4. The number of rotatable bonds is 5. The zero-order valence-electron chi connectivity index (χ0n) is 13.4. The Balaban J connectivity index is 1.58. The number of ether oxygens (including phenoxy) is 1. The van der Waals surface area contributed by atoms with E-state index >= 15 is 0 Å². The first kappa shape index (κ1) is 16.0. The van der Waals surface area contributed by atoms with Gasteiger partial charge in [-0.3, -0.25) is 4.90 Å². The third-order valence-electron chi connectivity index (χ3n) is 4.04. The van der Waals surface area contributed by atoms with Gasteiger partial charge in [0.15, 0.2) is 5.82 Å². The van der Waals surface area contributed by atoms with E-state index in [4.69, 9.17) is 4.74 Å². The fourth-order valence-corrected chi connectivity index (χ4v) is 2.84. The van der Waals surface area contributed by atoms with Crippen LogP contribution >= 0.6 is 0 Å². The van der Waals surface area contributed by atoms with E-state index in [0.717, 1.165) is 30.8 Å².